The fourth-order valence-corrected chi connectivity index (χ4v) is 4.27. The number of ether oxygens (including phenoxy) is 1. The van der Waals surface area contributed by atoms with Crippen molar-refractivity contribution in [3.8, 4) is 0 Å². The first kappa shape index (κ1) is 19.5. The number of H-pyrrole nitrogens is 1. The molecule has 0 aliphatic carbocycles. The summed E-state index contributed by atoms with van der Waals surface area (Å²) >= 11 is 7.24. The molecule has 27 heavy (non-hydrogen) atoms. The quantitative estimate of drug-likeness (QED) is 0.632. The van der Waals surface area contributed by atoms with Gasteiger partial charge in [-0.25, -0.2) is 9.78 Å². The van der Waals surface area contributed by atoms with Crippen molar-refractivity contribution >= 4 is 39.1 Å². The predicted octanol–water partition coefficient (Wildman–Crippen LogP) is 3.76. The van der Waals surface area contributed by atoms with Gasteiger partial charge < -0.3 is 9.72 Å². The fourth-order valence-electron chi connectivity index (χ4n) is 2.94. The van der Waals surface area contributed by atoms with Gasteiger partial charge in [0, 0.05) is 11.6 Å². The van der Waals surface area contributed by atoms with Crippen molar-refractivity contribution in [1.82, 2.24) is 14.9 Å². The molecule has 1 N–H and O–H groups in total. The van der Waals surface area contributed by atoms with E-state index in [0.29, 0.717) is 44.6 Å². The highest BCUT2D eigenvalue weighted by atomic mass is 35.5. The third-order valence-corrected chi connectivity index (χ3v) is 5.74. The number of carbonyl (C=O) groups excluding carboxylic acids is 1. The Hall–Kier alpha value is -2.22. The molecular weight excluding hydrogens is 386 g/mol. The third kappa shape index (κ3) is 4.21. The zero-order valence-corrected chi connectivity index (χ0v) is 16.9. The van der Waals surface area contributed by atoms with Crippen LogP contribution in [-0.2, 0) is 17.8 Å². The Morgan fingerprint density at radius 3 is 2.81 bits per heavy atom. The average Bonchev–Trinajstić information content (AvgIpc) is 2.97. The summed E-state index contributed by atoms with van der Waals surface area (Å²) in [5.74, 6) is 0.113. The summed E-state index contributed by atoms with van der Waals surface area (Å²) in [5, 5.41) is 1.14. The van der Waals surface area contributed by atoms with Gasteiger partial charge in [0.25, 0.3) is 5.56 Å². The lowest BCUT2D eigenvalue weighted by Gasteiger charge is -2.20. The second kappa shape index (κ2) is 8.21. The summed E-state index contributed by atoms with van der Waals surface area (Å²) in [4.78, 5) is 34.9. The normalized spacial score (nSPS) is 11.3. The number of nitrogens with one attached hydrogen (secondary N) is 1. The molecule has 0 aliphatic heterocycles. The van der Waals surface area contributed by atoms with E-state index in [9.17, 15) is 9.59 Å². The van der Waals surface area contributed by atoms with Gasteiger partial charge in [0.2, 0.25) is 0 Å². The van der Waals surface area contributed by atoms with Crippen LogP contribution < -0.4 is 5.56 Å². The molecule has 0 radical (unpaired) electrons. The van der Waals surface area contributed by atoms with E-state index < -0.39 is 5.97 Å². The van der Waals surface area contributed by atoms with Gasteiger partial charge in [-0.15, -0.1) is 11.3 Å². The Bertz CT molecular complexity index is 1040. The maximum atomic E-state index is 12.5. The van der Waals surface area contributed by atoms with Crippen molar-refractivity contribution in [2.45, 2.75) is 26.9 Å². The van der Waals surface area contributed by atoms with Gasteiger partial charge in [-0.3, -0.25) is 9.69 Å². The number of aryl methyl sites for hydroxylation is 1. The Morgan fingerprint density at radius 1 is 1.37 bits per heavy atom. The van der Waals surface area contributed by atoms with Crippen LogP contribution in [0.5, 0.6) is 0 Å². The van der Waals surface area contributed by atoms with Crippen LogP contribution in [0.4, 0.5) is 0 Å². The lowest BCUT2D eigenvalue weighted by atomic mass is 10.2. The third-order valence-electron chi connectivity index (χ3n) is 4.34. The average molecular weight is 406 g/mol. The Kier molecular flexibility index (Phi) is 5.94. The monoisotopic (exact) mass is 405 g/mol. The van der Waals surface area contributed by atoms with E-state index in [1.54, 1.807) is 6.92 Å². The van der Waals surface area contributed by atoms with Crippen LogP contribution in [0.3, 0.4) is 0 Å². The number of carbonyl (C=O) groups is 1. The molecule has 6 nitrogen and oxygen atoms in total. The SMILES string of the molecule is CCN(Cc1cccc(Cl)c1)Cc1nc2sc(C(=O)OC)c(C)c2c(=O)[nH]1. The Morgan fingerprint density at radius 2 is 2.15 bits per heavy atom. The number of hydrogen-bond acceptors (Lipinski definition) is 6. The molecule has 0 bridgehead atoms. The molecule has 0 spiro atoms. The highest BCUT2D eigenvalue weighted by molar-refractivity contribution is 7.20. The number of aromatic amines is 1. The predicted molar refractivity (Wildman–Crippen MR) is 108 cm³/mol. The number of fused-ring (bicyclic) bond motifs is 1. The maximum Gasteiger partial charge on any atom is 0.348 e. The minimum absolute atomic E-state index is 0.238. The molecule has 0 aliphatic rings. The summed E-state index contributed by atoms with van der Waals surface area (Å²) in [7, 11) is 1.32. The highest BCUT2D eigenvalue weighted by Gasteiger charge is 2.20. The first-order chi connectivity index (χ1) is 12.9. The molecule has 0 amide bonds. The van der Waals surface area contributed by atoms with E-state index in [4.69, 9.17) is 16.3 Å². The molecule has 0 unspecified atom stereocenters. The van der Waals surface area contributed by atoms with Gasteiger partial charge >= 0.3 is 5.97 Å². The maximum absolute atomic E-state index is 12.5. The van der Waals surface area contributed by atoms with Gasteiger partial charge in [0.15, 0.2) is 0 Å². The second-order valence-electron chi connectivity index (χ2n) is 6.17. The molecular formula is C19H20ClN3O3S. The first-order valence-corrected chi connectivity index (χ1v) is 9.69. The number of nitrogens with zero attached hydrogens (tertiary/aromatic N) is 2. The molecule has 142 valence electrons. The molecule has 2 aromatic heterocycles. The van der Waals surface area contributed by atoms with Crippen LogP contribution in [0.2, 0.25) is 5.02 Å². The number of halogens is 1. The summed E-state index contributed by atoms with van der Waals surface area (Å²) in [6.45, 7) is 5.74. The number of aromatic nitrogens is 2. The second-order valence-corrected chi connectivity index (χ2v) is 7.61. The number of methoxy groups -OCH3 is 1. The number of rotatable bonds is 6. The van der Waals surface area contributed by atoms with Gasteiger partial charge in [0.05, 0.1) is 19.0 Å². The van der Waals surface area contributed by atoms with Crippen molar-refractivity contribution in [3.63, 3.8) is 0 Å². The summed E-state index contributed by atoms with van der Waals surface area (Å²) < 4.78 is 4.79. The van der Waals surface area contributed by atoms with E-state index in [1.165, 1.54) is 18.4 Å². The number of esters is 1. The van der Waals surface area contributed by atoms with Crippen molar-refractivity contribution in [3.05, 3.63) is 61.5 Å². The van der Waals surface area contributed by atoms with E-state index >= 15 is 0 Å². The molecule has 2 heterocycles. The first-order valence-electron chi connectivity index (χ1n) is 8.50. The largest absolute Gasteiger partial charge is 0.465 e. The highest BCUT2D eigenvalue weighted by Crippen LogP contribution is 2.27. The topological polar surface area (TPSA) is 75.3 Å². The number of hydrogen-bond donors (Lipinski definition) is 1. The van der Waals surface area contributed by atoms with Gasteiger partial charge in [-0.2, -0.15) is 0 Å². The lowest BCUT2D eigenvalue weighted by molar-refractivity contribution is 0.0605. The van der Waals surface area contributed by atoms with Crippen LogP contribution in [0.1, 0.15) is 33.5 Å². The minimum Gasteiger partial charge on any atom is -0.465 e. The summed E-state index contributed by atoms with van der Waals surface area (Å²) in [6, 6.07) is 7.70. The van der Waals surface area contributed by atoms with Gasteiger partial charge in [-0.1, -0.05) is 30.7 Å². The van der Waals surface area contributed by atoms with E-state index in [2.05, 4.69) is 14.9 Å². The van der Waals surface area contributed by atoms with E-state index in [-0.39, 0.29) is 5.56 Å². The Balaban J connectivity index is 1.89. The zero-order chi connectivity index (χ0) is 19.6. The smallest absolute Gasteiger partial charge is 0.348 e. The summed E-state index contributed by atoms with van der Waals surface area (Å²) in [5.41, 5.74) is 1.46. The number of benzene rings is 1. The van der Waals surface area contributed by atoms with Crippen LogP contribution in [-0.4, -0.2) is 34.5 Å². The molecule has 1 aromatic carbocycles. The molecule has 0 saturated carbocycles. The number of thiophene rings is 1. The molecule has 3 aromatic rings. The van der Waals surface area contributed by atoms with Crippen molar-refractivity contribution < 1.29 is 9.53 Å². The molecule has 8 heteroatoms. The van der Waals surface area contributed by atoms with Gasteiger partial charge in [0.1, 0.15) is 15.5 Å². The fraction of sp³-hybridized carbons (Fsp3) is 0.316. The molecule has 3 rings (SSSR count). The van der Waals surface area contributed by atoms with E-state index in [0.717, 1.165) is 12.1 Å². The van der Waals surface area contributed by atoms with Crippen molar-refractivity contribution in [1.29, 1.82) is 0 Å². The van der Waals surface area contributed by atoms with Crippen molar-refractivity contribution in [2.75, 3.05) is 13.7 Å². The standard InChI is InChI=1S/C19H20ClN3O3S/c1-4-23(9-12-6-5-7-13(20)8-12)10-14-21-17(24)15-11(2)16(19(25)26-3)27-18(15)22-14/h5-8H,4,9-10H2,1-3H3,(H,21,22,24). The molecule has 0 fully saturated rings. The summed E-state index contributed by atoms with van der Waals surface area (Å²) in [6.07, 6.45) is 0. The minimum atomic E-state index is -0.451. The lowest BCUT2D eigenvalue weighted by Crippen LogP contribution is -2.25. The van der Waals surface area contributed by atoms with Crippen LogP contribution in [0.15, 0.2) is 29.1 Å². The van der Waals surface area contributed by atoms with Crippen molar-refractivity contribution in [2.24, 2.45) is 0 Å². The van der Waals surface area contributed by atoms with Crippen LogP contribution in [0.25, 0.3) is 10.2 Å². The zero-order valence-electron chi connectivity index (χ0n) is 15.3. The van der Waals surface area contributed by atoms with E-state index in [1.807, 2.05) is 31.2 Å². The van der Waals surface area contributed by atoms with Crippen LogP contribution >= 0.6 is 22.9 Å². The van der Waals surface area contributed by atoms with Gasteiger partial charge in [-0.05, 0) is 36.7 Å². The molecule has 0 saturated heterocycles. The van der Waals surface area contributed by atoms with Crippen LogP contribution in [0, 0.1) is 6.92 Å². The molecule has 0 atom stereocenters. The Labute approximate surface area is 165 Å².